The number of carbonyl (C=O) groups excluding carboxylic acids is 1. The van der Waals surface area contributed by atoms with Crippen LogP contribution in [0.15, 0.2) is 69.9 Å². The van der Waals surface area contributed by atoms with Gasteiger partial charge < -0.3 is 18.8 Å². The summed E-state index contributed by atoms with van der Waals surface area (Å²) in [5, 5.41) is 0. The van der Waals surface area contributed by atoms with E-state index in [4.69, 9.17) is 13.9 Å². The van der Waals surface area contributed by atoms with Crippen LogP contribution in [0.1, 0.15) is 29.0 Å². The third-order valence-electron chi connectivity index (χ3n) is 5.43. The van der Waals surface area contributed by atoms with Crippen LogP contribution in [0.25, 0.3) is 11.1 Å². The second-order valence-corrected chi connectivity index (χ2v) is 7.64. The van der Waals surface area contributed by atoms with Gasteiger partial charge in [-0.05, 0) is 42.3 Å². The van der Waals surface area contributed by atoms with E-state index >= 15 is 0 Å². The van der Waals surface area contributed by atoms with Gasteiger partial charge in [0.15, 0.2) is 0 Å². The largest absolute Gasteiger partial charge is 0.497 e. The van der Waals surface area contributed by atoms with Gasteiger partial charge in [0.2, 0.25) is 0 Å². The maximum absolute atomic E-state index is 12.9. The summed E-state index contributed by atoms with van der Waals surface area (Å²) in [7, 11) is 1.65. The van der Waals surface area contributed by atoms with Crippen LogP contribution in [0, 0.1) is 6.92 Å². The van der Waals surface area contributed by atoms with Crippen LogP contribution in [-0.2, 0) is 0 Å². The lowest BCUT2D eigenvalue weighted by molar-refractivity contribution is 0.0594. The van der Waals surface area contributed by atoms with Gasteiger partial charge in [-0.2, -0.15) is 0 Å². The minimum Gasteiger partial charge on any atom is -0.497 e. The number of amides is 1. The van der Waals surface area contributed by atoms with Crippen molar-refractivity contribution in [3.8, 4) is 22.6 Å². The zero-order valence-corrected chi connectivity index (χ0v) is 17.7. The summed E-state index contributed by atoms with van der Waals surface area (Å²) >= 11 is 0. The molecule has 31 heavy (non-hydrogen) atoms. The molecule has 0 unspecified atom stereocenters. The van der Waals surface area contributed by atoms with Gasteiger partial charge >= 0.3 is 5.63 Å². The van der Waals surface area contributed by atoms with Crippen molar-refractivity contribution in [1.82, 2.24) is 4.90 Å². The van der Waals surface area contributed by atoms with Crippen LogP contribution in [0.4, 0.5) is 0 Å². The van der Waals surface area contributed by atoms with Crippen molar-refractivity contribution in [2.45, 2.75) is 25.9 Å². The Balaban J connectivity index is 1.36. The van der Waals surface area contributed by atoms with Crippen molar-refractivity contribution >= 4 is 5.91 Å². The van der Waals surface area contributed by atoms with Crippen molar-refractivity contribution in [3.63, 3.8) is 0 Å². The molecule has 2 aromatic carbocycles. The van der Waals surface area contributed by atoms with Crippen molar-refractivity contribution in [2.24, 2.45) is 0 Å². The quantitative estimate of drug-likeness (QED) is 0.617. The molecular formula is C25H25NO5. The topological polar surface area (TPSA) is 69.0 Å². The molecule has 1 saturated heterocycles. The van der Waals surface area contributed by atoms with Gasteiger partial charge in [0.1, 0.15) is 23.4 Å². The summed E-state index contributed by atoms with van der Waals surface area (Å²) in [4.78, 5) is 26.3. The van der Waals surface area contributed by atoms with Crippen LogP contribution in [0.3, 0.4) is 0 Å². The summed E-state index contributed by atoms with van der Waals surface area (Å²) in [6.07, 6.45) is 1.40. The molecule has 0 aliphatic carbocycles. The fourth-order valence-electron chi connectivity index (χ4n) is 3.80. The molecule has 0 atom stereocenters. The Kier molecular flexibility index (Phi) is 6.07. The Hall–Kier alpha value is -3.54. The third kappa shape index (κ3) is 4.97. The van der Waals surface area contributed by atoms with Gasteiger partial charge in [0.05, 0.1) is 13.2 Å². The van der Waals surface area contributed by atoms with E-state index in [1.54, 1.807) is 20.1 Å². The maximum Gasteiger partial charge on any atom is 0.339 e. The molecule has 6 nitrogen and oxygen atoms in total. The normalized spacial score (nSPS) is 14.3. The Labute approximate surface area is 181 Å². The molecule has 0 radical (unpaired) electrons. The first-order valence-corrected chi connectivity index (χ1v) is 10.3. The Morgan fingerprint density at radius 2 is 1.71 bits per heavy atom. The van der Waals surface area contributed by atoms with Gasteiger partial charge in [-0.3, -0.25) is 4.79 Å². The fourth-order valence-corrected chi connectivity index (χ4v) is 3.80. The average molecular weight is 419 g/mol. The lowest BCUT2D eigenvalue weighted by Gasteiger charge is -2.32. The van der Waals surface area contributed by atoms with E-state index < -0.39 is 5.63 Å². The molecule has 160 valence electrons. The predicted octanol–water partition coefficient (Wildman–Crippen LogP) is 4.31. The molecule has 1 aliphatic heterocycles. The number of benzene rings is 2. The number of aryl methyl sites for hydroxylation is 1. The molecule has 0 spiro atoms. The zero-order chi connectivity index (χ0) is 21.8. The van der Waals surface area contributed by atoms with E-state index in [-0.39, 0.29) is 12.0 Å². The molecule has 4 rings (SSSR count). The standard InChI is InChI=1S/C25H25NO5/c1-17-14-23(16-24(27)30-17)31-21-10-12-26(13-11-21)25(28)19-8-6-18(7-9-19)20-4-3-5-22(15-20)29-2/h3-9,14-16,21H,10-13H2,1-2H3. The van der Waals surface area contributed by atoms with E-state index in [0.717, 1.165) is 16.9 Å². The number of rotatable bonds is 5. The van der Waals surface area contributed by atoms with Gasteiger partial charge in [0, 0.05) is 37.6 Å². The van der Waals surface area contributed by atoms with Gasteiger partial charge in [-0.25, -0.2) is 4.79 Å². The highest BCUT2D eigenvalue weighted by molar-refractivity contribution is 5.94. The Bertz CT molecular complexity index is 1110. The lowest BCUT2D eigenvalue weighted by Crippen LogP contribution is -2.41. The zero-order valence-electron chi connectivity index (χ0n) is 17.7. The number of ether oxygens (including phenoxy) is 2. The Morgan fingerprint density at radius 1 is 0.968 bits per heavy atom. The van der Waals surface area contributed by atoms with E-state index in [2.05, 4.69) is 0 Å². The first kappa shape index (κ1) is 20.7. The molecule has 0 bridgehead atoms. The maximum atomic E-state index is 12.9. The molecule has 3 aromatic rings. The monoisotopic (exact) mass is 419 g/mol. The number of hydrogen-bond acceptors (Lipinski definition) is 5. The summed E-state index contributed by atoms with van der Waals surface area (Å²) in [6, 6.07) is 18.6. The highest BCUT2D eigenvalue weighted by Crippen LogP contribution is 2.25. The lowest BCUT2D eigenvalue weighted by atomic mass is 10.0. The minimum atomic E-state index is -0.417. The summed E-state index contributed by atoms with van der Waals surface area (Å²) < 4.78 is 16.2. The second-order valence-electron chi connectivity index (χ2n) is 7.64. The van der Waals surface area contributed by atoms with Crippen molar-refractivity contribution in [1.29, 1.82) is 0 Å². The first-order valence-electron chi connectivity index (χ1n) is 10.3. The second kappa shape index (κ2) is 9.08. The highest BCUT2D eigenvalue weighted by Gasteiger charge is 2.25. The first-order chi connectivity index (χ1) is 15.0. The summed E-state index contributed by atoms with van der Waals surface area (Å²) in [6.45, 7) is 2.94. The molecule has 6 heteroatoms. The molecule has 1 aliphatic rings. The van der Waals surface area contributed by atoms with Crippen molar-refractivity contribution < 1.29 is 18.7 Å². The minimum absolute atomic E-state index is 0.0202. The van der Waals surface area contributed by atoms with Crippen LogP contribution < -0.4 is 15.1 Å². The van der Waals surface area contributed by atoms with E-state index in [9.17, 15) is 9.59 Å². The highest BCUT2D eigenvalue weighted by atomic mass is 16.5. The van der Waals surface area contributed by atoms with Gasteiger partial charge in [0.25, 0.3) is 5.91 Å². The SMILES string of the molecule is COc1cccc(-c2ccc(C(=O)N3CCC(Oc4cc(C)oc(=O)c4)CC3)cc2)c1. The summed E-state index contributed by atoms with van der Waals surface area (Å²) in [5.41, 5.74) is 2.33. The number of piperidine rings is 1. The van der Waals surface area contributed by atoms with Gasteiger partial charge in [-0.1, -0.05) is 24.3 Å². The third-order valence-corrected chi connectivity index (χ3v) is 5.43. The smallest absolute Gasteiger partial charge is 0.339 e. The predicted molar refractivity (Wildman–Crippen MR) is 118 cm³/mol. The number of nitrogens with zero attached hydrogens (tertiary/aromatic N) is 1. The number of likely N-dealkylation sites (tertiary alicyclic amines) is 1. The fraction of sp³-hybridized carbons (Fsp3) is 0.280. The number of carbonyl (C=O) groups is 1. The molecule has 0 N–H and O–H groups in total. The molecule has 0 saturated carbocycles. The number of hydrogen-bond donors (Lipinski definition) is 0. The van der Waals surface area contributed by atoms with Crippen molar-refractivity contribution in [2.75, 3.05) is 20.2 Å². The van der Waals surface area contributed by atoms with E-state index in [1.165, 1.54) is 6.07 Å². The van der Waals surface area contributed by atoms with Crippen LogP contribution in [0.2, 0.25) is 0 Å². The molecule has 2 heterocycles. The molecule has 1 amide bonds. The number of methoxy groups -OCH3 is 1. The van der Waals surface area contributed by atoms with Crippen LogP contribution in [0.5, 0.6) is 11.5 Å². The Morgan fingerprint density at radius 3 is 2.39 bits per heavy atom. The van der Waals surface area contributed by atoms with E-state index in [0.29, 0.717) is 43.0 Å². The van der Waals surface area contributed by atoms with Crippen molar-refractivity contribution in [3.05, 3.63) is 82.4 Å². The van der Waals surface area contributed by atoms with Crippen LogP contribution >= 0.6 is 0 Å². The van der Waals surface area contributed by atoms with E-state index in [1.807, 2.05) is 53.4 Å². The average Bonchev–Trinajstić information content (AvgIpc) is 2.78. The van der Waals surface area contributed by atoms with Crippen LogP contribution in [-0.4, -0.2) is 37.1 Å². The summed E-state index contributed by atoms with van der Waals surface area (Å²) in [5.74, 6) is 1.86. The molecule has 1 aromatic heterocycles. The van der Waals surface area contributed by atoms with Gasteiger partial charge in [-0.15, -0.1) is 0 Å². The molecular weight excluding hydrogens is 394 g/mol. The molecule has 1 fully saturated rings.